The number of hydrogen-bond donors (Lipinski definition) is 3. The Morgan fingerprint density at radius 2 is 2.06 bits per heavy atom. The Kier molecular flexibility index (Phi) is 5.13. The van der Waals surface area contributed by atoms with Gasteiger partial charge in [-0.05, 0) is 19.8 Å². The highest BCUT2D eigenvalue weighted by Crippen LogP contribution is 2.40. The molecule has 1 saturated carbocycles. The lowest BCUT2D eigenvalue weighted by Gasteiger charge is -2.37. The van der Waals surface area contributed by atoms with Crippen LogP contribution < -0.4 is 10.6 Å². The minimum absolute atomic E-state index is 0.149. The molecule has 6 nitrogen and oxygen atoms in total. The average molecular weight is 276 g/mol. The van der Waals surface area contributed by atoms with Gasteiger partial charge in [0.1, 0.15) is 0 Å². The summed E-state index contributed by atoms with van der Waals surface area (Å²) in [6.07, 6.45) is 3.68. The molecular formula is C11H20N2O4S. The van der Waals surface area contributed by atoms with Crippen molar-refractivity contribution < 1.29 is 18.9 Å². The van der Waals surface area contributed by atoms with Crippen molar-refractivity contribution in [3.63, 3.8) is 0 Å². The Balaban J connectivity index is 2.32. The summed E-state index contributed by atoms with van der Waals surface area (Å²) in [6.45, 7) is 1.91. The van der Waals surface area contributed by atoms with Gasteiger partial charge in [-0.3, -0.25) is 9.00 Å². The summed E-state index contributed by atoms with van der Waals surface area (Å²) in [6, 6.07) is -0.599. The maximum absolute atomic E-state index is 11.5. The van der Waals surface area contributed by atoms with Crippen molar-refractivity contribution in [1.82, 2.24) is 10.6 Å². The van der Waals surface area contributed by atoms with Crippen molar-refractivity contribution in [2.45, 2.75) is 32.2 Å². The zero-order chi connectivity index (χ0) is 13.8. The molecule has 0 bridgehead atoms. The molecule has 3 N–H and O–H groups in total. The lowest BCUT2D eigenvalue weighted by atomic mass is 9.69. The third-order valence-electron chi connectivity index (χ3n) is 3.21. The van der Waals surface area contributed by atoms with Gasteiger partial charge >= 0.3 is 12.0 Å². The van der Waals surface area contributed by atoms with Crippen LogP contribution in [0, 0.1) is 5.41 Å². The first-order chi connectivity index (χ1) is 8.35. The van der Waals surface area contributed by atoms with Crippen molar-refractivity contribution in [3.8, 4) is 0 Å². The summed E-state index contributed by atoms with van der Waals surface area (Å²) in [4.78, 5) is 22.6. The van der Waals surface area contributed by atoms with Gasteiger partial charge in [-0.15, -0.1) is 0 Å². The fraction of sp³-hybridized carbons (Fsp3) is 0.818. The van der Waals surface area contributed by atoms with Crippen molar-refractivity contribution in [1.29, 1.82) is 0 Å². The first-order valence-electron chi connectivity index (χ1n) is 5.93. The van der Waals surface area contributed by atoms with Crippen LogP contribution in [0.25, 0.3) is 0 Å². The van der Waals surface area contributed by atoms with Gasteiger partial charge in [-0.1, -0.05) is 6.42 Å². The zero-order valence-electron chi connectivity index (χ0n) is 10.7. The molecule has 2 atom stereocenters. The van der Waals surface area contributed by atoms with Gasteiger partial charge in [0.15, 0.2) is 0 Å². The van der Waals surface area contributed by atoms with Crippen LogP contribution in [-0.4, -0.2) is 45.9 Å². The van der Waals surface area contributed by atoms with Crippen LogP contribution in [-0.2, 0) is 15.6 Å². The third kappa shape index (κ3) is 3.97. The molecule has 2 amide bonds. The normalized spacial score (nSPS) is 20.3. The Morgan fingerprint density at radius 3 is 2.44 bits per heavy atom. The van der Waals surface area contributed by atoms with Gasteiger partial charge in [-0.2, -0.15) is 0 Å². The van der Waals surface area contributed by atoms with Crippen LogP contribution in [0.3, 0.4) is 0 Å². The molecule has 1 rings (SSSR count). The number of carboxylic acid groups (broad SMARTS) is 1. The second-order valence-corrected chi connectivity index (χ2v) is 6.39. The topological polar surface area (TPSA) is 95.5 Å². The predicted octanol–water partition coefficient (Wildman–Crippen LogP) is 0.307. The highest BCUT2D eigenvalue weighted by molar-refractivity contribution is 7.84. The van der Waals surface area contributed by atoms with Crippen LogP contribution in [0.15, 0.2) is 0 Å². The molecule has 1 aliphatic carbocycles. The predicted molar refractivity (Wildman–Crippen MR) is 68.8 cm³/mol. The van der Waals surface area contributed by atoms with Crippen LogP contribution in [0.5, 0.6) is 0 Å². The summed E-state index contributed by atoms with van der Waals surface area (Å²) >= 11 is 0. The summed E-state index contributed by atoms with van der Waals surface area (Å²) in [5, 5.41) is 14.3. The molecule has 2 unspecified atom stereocenters. The average Bonchev–Trinajstić information content (AvgIpc) is 2.13. The second kappa shape index (κ2) is 6.17. The smallest absolute Gasteiger partial charge is 0.315 e. The standard InChI is InChI=1S/C11H20N2O4S/c1-8(6-18(2)17)13-10(16)12-7-11(9(14)15)4-3-5-11/h8H,3-7H2,1-2H3,(H,14,15)(H2,12,13,16). The van der Waals surface area contributed by atoms with Gasteiger partial charge in [0.05, 0.1) is 5.41 Å². The van der Waals surface area contributed by atoms with E-state index in [-0.39, 0.29) is 12.6 Å². The van der Waals surface area contributed by atoms with Crippen LogP contribution in [0.1, 0.15) is 26.2 Å². The number of hydrogen-bond acceptors (Lipinski definition) is 3. The number of nitrogens with one attached hydrogen (secondary N) is 2. The Labute approximate surface area is 109 Å². The Morgan fingerprint density at radius 1 is 1.44 bits per heavy atom. The molecule has 0 aromatic heterocycles. The van der Waals surface area contributed by atoms with E-state index in [0.717, 1.165) is 6.42 Å². The highest BCUT2D eigenvalue weighted by Gasteiger charge is 2.44. The lowest BCUT2D eigenvalue weighted by molar-refractivity contribution is -0.153. The van der Waals surface area contributed by atoms with Crippen LogP contribution in [0.2, 0.25) is 0 Å². The molecular weight excluding hydrogens is 256 g/mol. The fourth-order valence-electron chi connectivity index (χ4n) is 1.99. The van der Waals surface area contributed by atoms with E-state index in [9.17, 15) is 13.8 Å². The highest BCUT2D eigenvalue weighted by atomic mass is 32.2. The van der Waals surface area contributed by atoms with Gasteiger partial charge in [0.2, 0.25) is 0 Å². The van der Waals surface area contributed by atoms with Gasteiger partial charge in [0, 0.05) is 35.4 Å². The quantitative estimate of drug-likeness (QED) is 0.650. The van der Waals surface area contributed by atoms with E-state index in [0.29, 0.717) is 18.6 Å². The van der Waals surface area contributed by atoms with E-state index in [2.05, 4.69) is 10.6 Å². The third-order valence-corrected chi connectivity index (χ3v) is 4.18. The molecule has 1 fully saturated rings. The largest absolute Gasteiger partial charge is 0.481 e. The minimum atomic E-state index is -0.967. The molecule has 18 heavy (non-hydrogen) atoms. The minimum Gasteiger partial charge on any atom is -0.481 e. The zero-order valence-corrected chi connectivity index (χ0v) is 11.5. The lowest BCUT2D eigenvalue weighted by Crippen LogP contribution is -2.51. The second-order valence-electron chi connectivity index (χ2n) is 4.91. The van der Waals surface area contributed by atoms with Crippen molar-refractivity contribution in [2.75, 3.05) is 18.6 Å². The van der Waals surface area contributed by atoms with E-state index in [1.54, 1.807) is 13.2 Å². The summed E-state index contributed by atoms with van der Waals surface area (Å²) in [5.41, 5.74) is -0.784. The molecule has 0 saturated heterocycles. The summed E-state index contributed by atoms with van der Waals surface area (Å²) < 4.78 is 11.0. The monoisotopic (exact) mass is 276 g/mol. The van der Waals surface area contributed by atoms with Crippen LogP contribution >= 0.6 is 0 Å². The van der Waals surface area contributed by atoms with E-state index in [1.165, 1.54) is 0 Å². The number of amides is 2. The van der Waals surface area contributed by atoms with Gasteiger partial charge < -0.3 is 15.7 Å². The van der Waals surface area contributed by atoms with Crippen molar-refractivity contribution in [2.24, 2.45) is 5.41 Å². The molecule has 104 valence electrons. The van der Waals surface area contributed by atoms with Crippen LogP contribution in [0.4, 0.5) is 4.79 Å². The molecule has 0 heterocycles. The number of aliphatic carboxylic acids is 1. The van der Waals surface area contributed by atoms with E-state index < -0.39 is 28.2 Å². The fourth-order valence-corrected chi connectivity index (χ4v) is 2.78. The van der Waals surface area contributed by atoms with E-state index in [1.807, 2.05) is 0 Å². The SMILES string of the molecule is CC(CS(C)=O)NC(=O)NCC1(C(=O)O)CCC1. The number of urea groups is 1. The molecule has 0 aromatic carbocycles. The number of carboxylic acids is 1. The first kappa shape index (κ1) is 14.9. The molecule has 0 aromatic rings. The summed E-state index contributed by atoms with van der Waals surface area (Å²) in [5.74, 6) is -0.464. The Hall–Kier alpha value is -1.11. The molecule has 0 radical (unpaired) electrons. The van der Waals surface area contributed by atoms with E-state index in [4.69, 9.17) is 5.11 Å². The Bertz CT molecular complexity index is 355. The first-order valence-corrected chi connectivity index (χ1v) is 7.66. The number of carbonyl (C=O) groups excluding carboxylic acids is 1. The van der Waals surface area contributed by atoms with Crippen molar-refractivity contribution >= 4 is 22.8 Å². The van der Waals surface area contributed by atoms with Crippen molar-refractivity contribution in [3.05, 3.63) is 0 Å². The number of rotatable bonds is 6. The maximum Gasteiger partial charge on any atom is 0.315 e. The molecule has 0 spiro atoms. The molecule has 7 heteroatoms. The van der Waals surface area contributed by atoms with Gasteiger partial charge in [-0.25, -0.2) is 4.79 Å². The van der Waals surface area contributed by atoms with E-state index >= 15 is 0 Å². The number of carbonyl (C=O) groups is 2. The maximum atomic E-state index is 11.5. The molecule has 1 aliphatic rings. The summed E-state index contributed by atoms with van der Waals surface area (Å²) in [7, 11) is -0.967. The van der Waals surface area contributed by atoms with Gasteiger partial charge in [0.25, 0.3) is 0 Å². The molecule has 0 aliphatic heterocycles.